The molecule has 0 saturated carbocycles. The van der Waals surface area contributed by atoms with Crippen molar-refractivity contribution in [2.24, 2.45) is 0 Å². The Hall–Kier alpha value is -5.94. The van der Waals surface area contributed by atoms with Crippen LogP contribution in [0.3, 0.4) is 0 Å². The van der Waals surface area contributed by atoms with E-state index in [-0.39, 0.29) is 85.1 Å². The zero-order valence-electron chi connectivity index (χ0n) is 29.1. The van der Waals surface area contributed by atoms with Crippen LogP contribution in [-0.2, 0) is 9.59 Å². The minimum atomic E-state index is -0.529. The van der Waals surface area contributed by atoms with E-state index in [1.807, 2.05) is 21.9 Å². The molecule has 0 aliphatic rings. The molecule has 4 aromatic carbocycles. The highest BCUT2D eigenvalue weighted by Gasteiger charge is 2.19. The van der Waals surface area contributed by atoms with Gasteiger partial charge in [0.25, 0.3) is 11.4 Å². The summed E-state index contributed by atoms with van der Waals surface area (Å²) in [5.41, 5.74) is 2.00. The Kier molecular flexibility index (Phi) is 15.6. The number of nitrogens with one attached hydrogen (secondary N) is 4. The van der Waals surface area contributed by atoms with Gasteiger partial charge >= 0.3 is 0 Å². The molecule has 0 bridgehead atoms. The molecule has 16 nitrogen and oxygen atoms in total. The third kappa shape index (κ3) is 13.3. The zero-order valence-corrected chi connectivity index (χ0v) is 29.1. The van der Waals surface area contributed by atoms with E-state index in [1.165, 1.54) is 24.3 Å². The Bertz CT molecular complexity index is 1690. The molecule has 16 heteroatoms. The molecule has 0 aromatic heterocycles. The van der Waals surface area contributed by atoms with Crippen LogP contribution in [0.4, 0.5) is 45.5 Å². The number of carbonyl (C=O) groups is 2. The standard InChI is InChI=1S/C37H44N8O8/c46-24-22-43(23-25-47)19-7-18-42(20-16-36(48)40-30-12-14-32(34(26-30)44(50)51)38-28-8-3-1-4-9-28)21-17-37(49)41-31-13-15-33(35(27-31)45(52)53)39-29-10-5-2-6-11-29/h1-6,8-15,26-27,38-39,46-47H,7,16-25H2,(H,40,48)(H,41,49). The first-order valence-electron chi connectivity index (χ1n) is 17.1. The highest BCUT2D eigenvalue weighted by Crippen LogP contribution is 2.32. The number of hydrogen-bond acceptors (Lipinski definition) is 12. The van der Waals surface area contributed by atoms with Crippen LogP contribution in [0.2, 0.25) is 0 Å². The van der Waals surface area contributed by atoms with Gasteiger partial charge in [-0.1, -0.05) is 36.4 Å². The number of nitro benzene ring substituents is 2. The summed E-state index contributed by atoms with van der Waals surface area (Å²) >= 11 is 0. The van der Waals surface area contributed by atoms with Crippen molar-refractivity contribution < 1.29 is 29.6 Å². The number of benzene rings is 4. The molecule has 0 heterocycles. The van der Waals surface area contributed by atoms with Gasteiger partial charge in [0.15, 0.2) is 0 Å². The minimum absolute atomic E-state index is 0.0263. The van der Waals surface area contributed by atoms with Crippen molar-refractivity contribution in [2.45, 2.75) is 19.3 Å². The van der Waals surface area contributed by atoms with Crippen molar-refractivity contribution in [1.29, 1.82) is 0 Å². The summed E-state index contributed by atoms with van der Waals surface area (Å²) in [5, 5.41) is 53.8. The number of hydrogen-bond donors (Lipinski definition) is 6. The summed E-state index contributed by atoms with van der Waals surface area (Å²) in [6.07, 6.45) is 0.671. The van der Waals surface area contributed by atoms with E-state index in [1.54, 1.807) is 60.7 Å². The normalized spacial score (nSPS) is 10.9. The summed E-state index contributed by atoms with van der Waals surface area (Å²) in [6, 6.07) is 26.8. The van der Waals surface area contributed by atoms with E-state index < -0.39 is 9.85 Å². The van der Waals surface area contributed by atoms with Gasteiger partial charge in [0.05, 0.1) is 23.1 Å². The molecule has 6 N–H and O–H groups in total. The first-order chi connectivity index (χ1) is 25.6. The lowest BCUT2D eigenvalue weighted by molar-refractivity contribution is -0.384. The SMILES string of the molecule is O=C(CCN(CCCN(CCO)CCO)CCC(=O)Nc1ccc(Nc2ccccc2)c([N+](=O)[O-])c1)Nc1ccc(Nc2ccccc2)c([N+](=O)[O-])c1. The van der Waals surface area contributed by atoms with Gasteiger partial charge in [0, 0.05) is 73.9 Å². The van der Waals surface area contributed by atoms with Crippen molar-refractivity contribution >= 4 is 57.3 Å². The molecule has 0 spiro atoms. The van der Waals surface area contributed by atoms with Gasteiger partial charge in [0.1, 0.15) is 11.4 Å². The number of para-hydroxylation sites is 2. The third-order valence-electron chi connectivity index (χ3n) is 8.15. The first-order valence-corrected chi connectivity index (χ1v) is 17.1. The van der Waals surface area contributed by atoms with Crippen molar-refractivity contribution in [3.63, 3.8) is 0 Å². The van der Waals surface area contributed by atoms with Crippen molar-refractivity contribution in [1.82, 2.24) is 9.80 Å². The van der Waals surface area contributed by atoms with Gasteiger partial charge in [-0.3, -0.25) is 34.7 Å². The Morgan fingerprint density at radius 3 is 1.32 bits per heavy atom. The fourth-order valence-corrected chi connectivity index (χ4v) is 5.52. The van der Waals surface area contributed by atoms with Gasteiger partial charge in [-0.2, -0.15) is 0 Å². The molecule has 0 fully saturated rings. The fourth-order valence-electron chi connectivity index (χ4n) is 5.52. The lowest BCUT2D eigenvalue weighted by atomic mass is 10.2. The molecule has 0 radical (unpaired) electrons. The fraction of sp³-hybridized carbons (Fsp3) is 0.297. The first kappa shape index (κ1) is 39.8. The summed E-state index contributed by atoms with van der Waals surface area (Å²) < 4.78 is 0. The lowest BCUT2D eigenvalue weighted by Crippen LogP contribution is -2.35. The van der Waals surface area contributed by atoms with Crippen LogP contribution in [0.25, 0.3) is 0 Å². The quantitative estimate of drug-likeness (QED) is 0.0448. The number of carbonyl (C=O) groups excluding carboxylic acids is 2. The maximum absolute atomic E-state index is 13.0. The second-order valence-corrected chi connectivity index (χ2v) is 12.0. The van der Waals surface area contributed by atoms with Crippen LogP contribution in [0.15, 0.2) is 97.1 Å². The van der Waals surface area contributed by atoms with Crippen LogP contribution < -0.4 is 21.3 Å². The van der Waals surface area contributed by atoms with E-state index >= 15 is 0 Å². The van der Waals surface area contributed by atoms with Gasteiger partial charge < -0.3 is 36.4 Å². The summed E-state index contributed by atoms with van der Waals surface area (Å²) in [6.45, 7) is 2.24. The van der Waals surface area contributed by atoms with Gasteiger partial charge in [0.2, 0.25) is 11.8 Å². The predicted octanol–water partition coefficient (Wildman–Crippen LogP) is 5.33. The Balaban J connectivity index is 1.37. The molecule has 53 heavy (non-hydrogen) atoms. The van der Waals surface area contributed by atoms with Gasteiger partial charge in [-0.15, -0.1) is 0 Å². The predicted molar refractivity (Wildman–Crippen MR) is 204 cm³/mol. The molecule has 0 atom stereocenters. The van der Waals surface area contributed by atoms with E-state index in [4.69, 9.17) is 0 Å². The molecule has 2 amide bonds. The van der Waals surface area contributed by atoms with Gasteiger partial charge in [-0.05, 0) is 68.0 Å². The highest BCUT2D eigenvalue weighted by atomic mass is 16.6. The number of nitro groups is 2. The number of nitrogens with zero attached hydrogens (tertiary/aromatic N) is 4. The maximum Gasteiger partial charge on any atom is 0.294 e. The summed E-state index contributed by atoms with van der Waals surface area (Å²) in [5.74, 6) is -0.757. The number of amides is 2. The number of aliphatic hydroxyl groups is 2. The van der Waals surface area contributed by atoms with Crippen LogP contribution in [0.1, 0.15) is 19.3 Å². The highest BCUT2D eigenvalue weighted by molar-refractivity contribution is 5.93. The van der Waals surface area contributed by atoms with Crippen molar-refractivity contribution in [3.8, 4) is 0 Å². The number of anilines is 6. The number of aliphatic hydroxyl groups excluding tert-OH is 2. The van der Waals surface area contributed by atoms with E-state index in [9.17, 15) is 40.0 Å². The molecule has 0 unspecified atom stereocenters. The molecular weight excluding hydrogens is 684 g/mol. The second-order valence-electron chi connectivity index (χ2n) is 12.0. The average Bonchev–Trinajstić information content (AvgIpc) is 3.14. The molecule has 0 aliphatic carbocycles. The zero-order chi connectivity index (χ0) is 38.0. The molecule has 280 valence electrons. The van der Waals surface area contributed by atoms with Gasteiger partial charge in [-0.25, -0.2) is 0 Å². The molecule has 0 aliphatic heterocycles. The van der Waals surface area contributed by atoms with Crippen LogP contribution in [0.5, 0.6) is 0 Å². The Morgan fingerprint density at radius 1 is 0.547 bits per heavy atom. The minimum Gasteiger partial charge on any atom is -0.395 e. The molecule has 0 saturated heterocycles. The molecule has 4 rings (SSSR count). The monoisotopic (exact) mass is 728 g/mol. The molecular formula is C37H44N8O8. The Labute approximate surface area is 306 Å². The maximum atomic E-state index is 13.0. The number of rotatable bonds is 22. The van der Waals surface area contributed by atoms with E-state index in [0.29, 0.717) is 44.0 Å². The topological polar surface area (TPSA) is 215 Å². The smallest absolute Gasteiger partial charge is 0.294 e. The second kappa shape index (κ2) is 20.8. The largest absolute Gasteiger partial charge is 0.395 e. The van der Waals surface area contributed by atoms with Crippen LogP contribution >= 0.6 is 0 Å². The third-order valence-corrected chi connectivity index (χ3v) is 8.15. The van der Waals surface area contributed by atoms with Crippen molar-refractivity contribution in [2.75, 3.05) is 73.7 Å². The summed E-state index contributed by atoms with van der Waals surface area (Å²) in [4.78, 5) is 52.4. The average molecular weight is 729 g/mol. The van der Waals surface area contributed by atoms with E-state index in [2.05, 4.69) is 21.3 Å². The lowest BCUT2D eigenvalue weighted by Gasteiger charge is -2.25. The summed E-state index contributed by atoms with van der Waals surface area (Å²) in [7, 11) is 0. The van der Waals surface area contributed by atoms with Crippen LogP contribution in [-0.4, -0.2) is 94.2 Å². The molecule has 4 aromatic rings. The van der Waals surface area contributed by atoms with Crippen LogP contribution in [0, 0.1) is 20.2 Å². The van der Waals surface area contributed by atoms with E-state index in [0.717, 1.165) is 0 Å². The Morgan fingerprint density at radius 2 is 0.943 bits per heavy atom. The van der Waals surface area contributed by atoms with Crippen molar-refractivity contribution in [3.05, 3.63) is 117 Å².